The standard InChI is InChI=1S/C22H24FN3O2/c1-2-21(27)26-19-6-4-3-5-16(19)15-20(26)22(28)25-13-11-24(12-14-25)18-9-7-17(23)8-10-18/h3-10,20H,2,11-15H2,1H3/t20-/m1/s1. The molecule has 0 radical (unpaired) electrons. The predicted octanol–water partition coefficient (Wildman–Crippen LogP) is 2.84. The van der Waals surface area contributed by atoms with Crippen molar-refractivity contribution in [2.75, 3.05) is 36.0 Å². The van der Waals surface area contributed by atoms with Crippen LogP contribution < -0.4 is 9.80 Å². The summed E-state index contributed by atoms with van der Waals surface area (Å²) in [5, 5.41) is 0. The van der Waals surface area contributed by atoms with Crippen LogP contribution in [0.5, 0.6) is 0 Å². The summed E-state index contributed by atoms with van der Waals surface area (Å²) in [6, 6.07) is 13.7. The first-order valence-electron chi connectivity index (χ1n) is 9.77. The first-order valence-corrected chi connectivity index (χ1v) is 9.77. The highest BCUT2D eigenvalue weighted by Gasteiger charge is 2.40. The normalized spacial score (nSPS) is 18.9. The maximum atomic E-state index is 13.3. The maximum Gasteiger partial charge on any atom is 0.246 e. The SMILES string of the molecule is CCC(=O)N1c2ccccc2C[C@@H]1C(=O)N1CCN(c2ccc(F)cc2)CC1. The molecule has 1 fully saturated rings. The van der Waals surface area contributed by atoms with Gasteiger partial charge in [0, 0.05) is 50.4 Å². The number of amides is 2. The molecule has 2 aliphatic heterocycles. The zero-order valence-electron chi connectivity index (χ0n) is 16.0. The summed E-state index contributed by atoms with van der Waals surface area (Å²) in [5.74, 6) is -0.260. The van der Waals surface area contributed by atoms with Crippen LogP contribution in [0.3, 0.4) is 0 Å². The van der Waals surface area contributed by atoms with Crippen LogP contribution in [-0.4, -0.2) is 48.9 Å². The van der Waals surface area contributed by atoms with Gasteiger partial charge in [-0.3, -0.25) is 14.5 Å². The van der Waals surface area contributed by atoms with Crippen LogP contribution in [-0.2, 0) is 16.0 Å². The molecule has 5 nitrogen and oxygen atoms in total. The lowest BCUT2D eigenvalue weighted by Crippen LogP contribution is -2.55. The fourth-order valence-electron chi connectivity index (χ4n) is 4.11. The monoisotopic (exact) mass is 381 g/mol. The number of fused-ring (bicyclic) bond motifs is 1. The third-order valence-corrected chi connectivity index (χ3v) is 5.62. The van der Waals surface area contributed by atoms with Crippen molar-refractivity contribution in [2.24, 2.45) is 0 Å². The summed E-state index contributed by atoms with van der Waals surface area (Å²) in [6.07, 6.45) is 0.940. The molecule has 0 N–H and O–H groups in total. The van der Waals surface area contributed by atoms with E-state index in [1.807, 2.05) is 36.1 Å². The Morgan fingerprint density at radius 2 is 1.68 bits per heavy atom. The number of piperazine rings is 1. The second kappa shape index (κ2) is 7.62. The van der Waals surface area contributed by atoms with Crippen molar-refractivity contribution in [1.82, 2.24) is 4.90 Å². The van der Waals surface area contributed by atoms with Gasteiger partial charge >= 0.3 is 0 Å². The van der Waals surface area contributed by atoms with Crippen molar-refractivity contribution in [2.45, 2.75) is 25.8 Å². The molecular formula is C22H24FN3O2. The Morgan fingerprint density at radius 3 is 2.36 bits per heavy atom. The minimum atomic E-state index is -0.456. The molecule has 2 aromatic carbocycles. The quantitative estimate of drug-likeness (QED) is 0.821. The van der Waals surface area contributed by atoms with Crippen LogP contribution in [0.25, 0.3) is 0 Å². The van der Waals surface area contributed by atoms with Crippen molar-refractivity contribution in [3.05, 3.63) is 59.9 Å². The van der Waals surface area contributed by atoms with Crippen LogP contribution in [0.2, 0.25) is 0 Å². The van der Waals surface area contributed by atoms with Gasteiger partial charge in [0.1, 0.15) is 11.9 Å². The van der Waals surface area contributed by atoms with E-state index in [2.05, 4.69) is 4.90 Å². The summed E-state index contributed by atoms with van der Waals surface area (Å²) in [4.78, 5) is 31.5. The number of rotatable bonds is 3. The minimum Gasteiger partial charge on any atom is -0.368 e. The van der Waals surface area contributed by atoms with E-state index in [-0.39, 0.29) is 17.6 Å². The summed E-state index contributed by atoms with van der Waals surface area (Å²) in [5.41, 5.74) is 2.87. The zero-order chi connectivity index (χ0) is 19.7. The average molecular weight is 381 g/mol. The van der Waals surface area contributed by atoms with Crippen molar-refractivity contribution < 1.29 is 14.0 Å². The van der Waals surface area contributed by atoms with Gasteiger partial charge in [-0.2, -0.15) is 0 Å². The van der Waals surface area contributed by atoms with E-state index in [1.54, 1.807) is 17.0 Å². The van der Waals surface area contributed by atoms with Gasteiger partial charge < -0.3 is 9.80 Å². The number of hydrogen-bond acceptors (Lipinski definition) is 3. The molecule has 0 aliphatic carbocycles. The molecule has 0 bridgehead atoms. The Hall–Kier alpha value is -2.89. The number of para-hydroxylation sites is 1. The fourth-order valence-corrected chi connectivity index (χ4v) is 4.11. The van der Waals surface area contributed by atoms with E-state index in [9.17, 15) is 14.0 Å². The first kappa shape index (κ1) is 18.5. The largest absolute Gasteiger partial charge is 0.368 e. The molecule has 28 heavy (non-hydrogen) atoms. The van der Waals surface area contributed by atoms with Crippen LogP contribution >= 0.6 is 0 Å². The first-order chi connectivity index (χ1) is 13.6. The van der Waals surface area contributed by atoms with Crippen LogP contribution in [0.15, 0.2) is 48.5 Å². The Labute approximate surface area is 164 Å². The number of halogens is 1. The Bertz CT molecular complexity index is 876. The number of nitrogens with zero attached hydrogens (tertiary/aromatic N) is 3. The van der Waals surface area contributed by atoms with Crippen molar-refractivity contribution in [1.29, 1.82) is 0 Å². The fraction of sp³-hybridized carbons (Fsp3) is 0.364. The Morgan fingerprint density at radius 1 is 1.00 bits per heavy atom. The lowest BCUT2D eigenvalue weighted by atomic mass is 10.1. The van der Waals surface area contributed by atoms with Crippen LogP contribution in [0.1, 0.15) is 18.9 Å². The number of carbonyl (C=O) groups excluding carboxylic acids is 2. The molecule has 2 amide bonds. The van der Waals surface area contributed by atoms with Crippen molar-refractivity contribution >= 4 is 23.2 Å². The second-order valence-corrected chi connectivity index (χ2v) is 7.25. The van der Waals surface area contributed by atoms with E-state index < -0.39 is 6.04 Å². The molecule has 1 atom stereocenters. The van der Waals surface area contributed by atoms with Gasteiger partial charge in [0.05, 0.1) is 0 Å². The number of anilines is 2. The lowest BCUT2D eigenvalue weighted by molar-refractivity contribution is -0.134. The molecule has 0 aromatic heterocycles. The van der Waals surface area contributed by atoms with E-state index in [1.165, 1.54) is 12.1 Å². The van der Waals surface area contributed by atoms with E-state index in [4.69, 9.17) is 0 Å². The Balaban J connectivity index is 1.46. The molecule has 4 rings (SSSR count). The van der Waals surface area contributed by atoms with Crippen molar-refractivity contribution in [3.8, 4) is 0 Å². The maximum absolute atomic E-state index is 13.3. The molecule has 0 unspecified atom stereocenters. The molecular weight excluding hydrogens is 357 g/mol. The number of hydrogen-bond donors (Lipinski definition) is 0. The van der Waals surface area contributed by atoms with E-state index >= 15 is 0 Å². The summed E-state index contributed by atoms with van der Waals surface area (Å²) in [7, 11) is 0. The topological polar surface area (TPSA) is 43.9 Å². The molecule has 2 aliphatic rings. The van der Waals surface area contributed by atoms with Gasteiger partial charge in [-0.15, -0.1) is 0 Å². The molecule has 0 spiro atoms. The van der Waals surface area contributed by atoms with Gasteiger partial charge in [0.15, 0.2) is 0 Å². The third-order valence-electron chi connectivity index (χ3n) is 5.62. The zero-order valence-corrected chi connectivity index (χ0v) is 16.0. The third kappa shape index (κ3) is 3.35. The molecule has 1 saturated heterocycles. The predicted molar refractivity (Wildman–Crippen MR) is 107 cm³/mol. The smallest absolute Gasteiger partial charge is 0.246 e. The van der Waals surface area contributed by atoms with E-state index in [0.717, 1.165) is 16.9 Å². The van der Waals surface area contributed by atoms with Crippen molar-refractivity contribution in [3.63, 3.8) is 0 Å². The lowest BCUT2D eigenvalue weighted by Gasteiger charge is -2.38. The highest BCUT2D eigenvalue weighted by Crippen LogP contribution is 2.33. The summed E-state index contributed by atoms with van der Waals surface area (Å²) < 4.78 is 13.1. The average Bonchev–Trinajstić information content (AvgIpc) is 3.13. The highest BCUT2D eigenvalue weighted by atomic mass is 19.1. The van der Waals surface area contributed by atoms with Crippen LogP contribution in [0, 0.1) is 5.82 Å². The molecule has 2 heterocycles. The van der Waals surface area contributed by atoms with Gasteiger partial charge in [-0.25, -0.2) is 4.39 Å². The van der Waals surface area contributed by atoms with Crippen LogP contribution in [0.4, 0.5) is 15.8 Å². The summed E-state index contributed by atoms with van der Waals surface area (Å²) in [6.45, 7) is 4.40. The van der Waals surface area contributed by atoms with Gasteiger partial charge in [-0.1, -0.05) is 25.1 Å². The molecule has 2 aromatic rings. The Kier molecular flexibility index (Phi) is 5.03. The molecule has 146 valence electrons. The second-order valence-electron chi connectivity index (χ2n) is 7.25. The summed E-state index contributed by atoms with van der Waals surface area (Å²) >= 11 is 0. The number of benzene rings is 2. The van der Waals surface area contributed by atoms with E-state index in [0.29, 0.717) is 39.0 Å². The van der Waals surface area contributed by atoms with Gasteiger partial charge in [0.25, 0.3) is 0 Å². The molecule has 6 heteroatoms. The van der Waals surface area contributed by atoms with Gasteiger partial charge in [-0.05, 0) is 35.9 Å². The van der Waals surface area contributed by atoms with Gasteiger partial charge in [0.2, 0.25) is 11.8 Å². The molecule has 0 saturated carbocycles. The minimum absolute atomic E-state index is 0.0109. The highest BCUT2D eigenvalue weighted by molar-refractivity contribution is 6.03. The number of carbonyl (C=O) groups is 2.